The molecule has 0 atom stereocenters. The van der Waals surface area contributed by atoms with Crippen LogP contribution in [0.4, 0.5) is 43.4 Å². The Hall–Kier alpha value is -10.1. The van der Waals surface area contributed by atoms with Crippen molar-refractivity contribution < 1.29 is 172 Å². The van der Waals surface area contributed by atoms with Gasteiger partial charge in [-0.05, 0) is 242 Å². The van der Waals surface area contributed by atoms with Crippen LogP contribution in [0.25, 0.3) is 17.1 Å². The number of methoxy groups -OCH3 is 1. The standard InChI is InChI=1S/C12H12FN3O2S.C12H11FN2O2S.C12H14FNO3.C10H7FN2O2S.C10H12FNO2.C6H6FN.C4H7BrO2.C3H6O2.C3H8O.C2H3ClO.C2H4O2.Li.Na.H2O/c1-15(18-2)11(17)10-7-14-12(19)16(10)9-5-3-8(13)4-6-9;1-2-17-11(16)10-7-14-12(18)15(10)9-5-3-8(13)4-6-9;1-3-17-12(16)8-14(9(2)15)11-6-4-10(13)5-7-11;11-6-1-3-7(4-2-6)13-8(9(14)15)5-12-10(13)16;1-2-14-10(13)7-12-9-5-3-8(11)4-6-9;7-5-1-3-6(8)4-2-5;1-2-7-4(6)3-5;1-2-5-3-4;1-3-4-2;2*1-2(3)4;;;/h3-7H,1-2H3,(H,14,19);3-7H,2H2,1H3,(H,14,18);4-7H,3,8H2,1-2H3;1-5H,(H,12,16)(H,14,15);3-6,12H,2,7H2,1H3;1-4H,8H2;2-3H2,1H3;3H,2H2,1H3;3H2,1-2H3;1H3;1H3,(H,3,4);;;1H2/q;;;;;;;;;;;2*+1;/p-2. The molecule has 0 aliphatic carbocycles. The number of hydroxylamine groups is 2. The predicted octanol–water partition coefficient (Wildman–Crippen LogP) is 7.62. The minimum atomic E-state index is -1.10. The van der Waals surface area contributed by atoms with Gasteiger partial charge in [0.15, 0.2) is 20.0 Å². The van der Waals surface area contributed by atoms with Crippen LogP contribution in [0.15, 0.2) is 164 Å². The summed E-state index contributed by atoms with van der Waals surface area (Å²) in [6.45, 7) is 17.3. The van der Waals surface area contributed by atoms with Crippen molar-refractivity contribution in [2.24, 2.45) is 0 Å². The Balaban J connectivity index is -0.000000415. The first-order valence-corrected chi connectivity index (χ1v) is 36.5. The molecule has 640 valence electrons. The van der Waals surface area contributed by atoms with Gasteiger partial charge in [0.2, 0.25) is 11.1 Å². The molecule has 0 saturated carbocycles. The van der Waals surface area contributed by atoms with E-state index in [0.29, 0.717) is 81.0 Å². The number of H-pyrrole nitrogens is 3. The number of carboxylic acids is 2. The Bertz CT molecular complexity index is 4580. The maximum absolute atomic E-state index is 12.9. The molecule has 0 radical (unpaired) electrons. The Morgan fingerprint density at radius 3 is 1.17 bits per heavy atom. The van der Waals surface area contributed by atoms with Gasteiger partial charge in [-0.25, -0.2) is 41.0 Å². The number of carbonyl (C=O) groups is 10. The number of aromatic nitrogens is 6. The fourth-order valence-electron chi connectivity index (χ4n) is 7.59. The van der Waals surface area contributed by atoms with Gasteiger partial charge in [-0.2, -0.15) is 0 Å². The molecule has 8 N–H and O–H groups in total. The molecule has 0 fully saturated rings. The molecule has 9 aromatic rings. The third-order valence-electron chi connectivity index (χ3n) is 12.6. The van der Waals surface area contributed by atoms with Crippen LogP contribution >= 0.6 is 64.2 Å². The van der Waals surface area contributed by atoms with Crippen molar-refractivity contribution in [3.05, 3.63) is 230 Å². The first kappa shape index (κ1) is 117. The molecule has 9 rings (SSSR count). The maximum Gasteiger partial charge on any atom is 1.00 e. The zero-order chi connectivity index (χ0) is 88.4. The summed E-state index contributed by atoms with van der Waals surface area (Å²) in [6.07, 6.45) is 4.27. The van der Waals surface area contributed by atoms with Crippen LogP contribution in [0.5, 0.6) is 0 Å². The molecule has 0 bridgehead atoms. The molecular weight excluding hydrogens is 1730 g/mol. The van der Waals surface area contributed by atoms with Gasteiger partial charge in [0.1, 0.15) is 64.7 Å². The average molecular weight is 1820 g/mol. The first-order chi connectivity index (χ1) is 54.9. The summed E-state index contributed by atoms with van der Waals surface area (Å²) < 4.78 is 109. The van der Waals surface area contributed by atoms with E-state index in [1.807, 2.05) is 6.92 Å². The number of rotatable bonds is 21. The van der Waals surface area contributed by atoms with Crippen molar-refractivity contribution in [3.8, 4) is 17.1 Å². The molecule has 0 aliphatic rings. The van der Waals surface area contributed by atoms with E-state index >= 15 is 0 Å². The smallest absolute Gasteiger partial charge is 0.870 e. The Kier molecular flexibility index (Phi) is 67.9. The summed E-state index contributed by atoms with van der Waals surface area (Å²) in [5.74, 6) is -6.38. The number of carboxylic acid groups (broad SMARTS) is 2. The summed E-state index contributed by atoms with van der Waals surface area (Å²) in [5.41, 5.74) is 9.32. The molecule has 0 aliphatic heterocycles. The van der Waals surface area contributed by atoms with Crippen molar-refractivity contribution >= 4 is 141 Å². The van der Waals surface area contributed by atoms with Gasteiger partial charge in [0.05, 0.1) is 40.1 Å². The zero-order valence-electron chi connectivity index (χ0n) is 67.3. The molecular formula is C76H90BrClF6LiN10NaO20S3. The number of carbonyl (C=O) groups excluding carboxylic acids is 9. The second kappa shape index (κ2) is 68.8. The zero-order valence-corrected chi connectivity index (χ0v) is 74.1. The second-order valence-corrected chi connectivity index (χ2v) is 23.3. The van der Waals surface area contributed by atoms with Crippen molar-refractivity contribution in [1.29, 1.82) is 0 Å². The number of hydrogen-bond acceptors (Lipinski definition) is 24. The molecule has 2 amide bonds. The number of amides is 2. The van der Waals surface area contributed by atoms with E-state index < -0.39 is 29.7 Å². The van der Waals surface area contributed by atoms with E-state index in [2.05, 4.69) is 62.0 Å². The summed E-state index contributed by atoms with van der Waals surface area (Å²) in [7, 11) is 4.56. The van der Waals surface area contributed by atoms with E-state index in [-0.39, 0.29) is 154 Å². The van der Waals surface area contributed by atoms with Gasteiger partial charge in [0, 0.05) is 93.3 Å². The largest absolute Gasteiger partial charge is 1.00 e. The number of hydrogen-bond donors (Lipinski definition) is 6. The van der Waals surface area contributed by atoms with E-state index in [9.17, 15) is 69.5 Å². The number of anilines is 3. The number of ether oxygens (including phenoxy) is 6. The molecule has 0 unspecified atom stereocenters. The number of alkyl halides is 1. The van der Waals surface area contributed by atoms with E-state index in [1.165, 1.54) is 174 Å². The summed E-state index contributed by atoms with van der Waals surface area (Å²) in [4.78, 5) is 120. The van der Waals surface area contributed by atoms with Crippen molar-refractivity contribution in [2.75, 3.05) is 95.3 Å². The van der Waals surface area contributed by atoms with E-state index in [1.54, 1.807) is 78.1 Å². The molecule has 30 nitrogen and oxygen atoms in total. The van der Waals surface area contributed by atoms with E-state index in [0.717, 1.165) is 18.6 Å². The Morgan fingerprint density at radius 2 is 0.866 bits per heavy atom. The maximum atomic E-state index is 12.9. The minimum absolute atomic E-state index is 0. The SMILES string of the molecule is CC(=O)Cl.CC(=O)[O-].CCOC.CCOC(=O)CBr.CCOC(=O)CN(C(C)=O)c1ccc(F)cc1.CCOC(=O)CNc1ccc(F)cc1.CCOC(=O)c1c[nH]c(=S)n1-c1ccc(F)cc1.CCOC=O.CON(C)C(=O)c1c[nH]c(=S)n1-c1ccc(F)cc1.Nc1ccc(F)cc1.O=C(O)c1c[nH]c(=S)n1-c1ccc(F)cc1.[Li+].[Na+].[OH-]. The molecule has 6 aromatic carbocycles. The number of aromatic amines is 3. The molecule has 3 heterocycles. The quantitative estimate of drug-likeness (QED) is 0.00385. The number of esters is 4. The van der Waals surface area contributed by atoms with Gasteiger partial charge in [0.25, 0.3) is 12.4 Å². The van der Waals surface area contributed by atoms with Crippen LogP contribution < -0.4 is 69.5 Å². The van der Waals surface area contributed by atoms with Gasteiger partial charge < -0.3 is 79.8 Å². The number of nitrogens with one attached hydrogen (secondary N) is 4. The number of halogens is 8. The fraction of sp³-hybridized carbons (Fsp3) is 0.276. The van der Waals surface area contributed by atoms with Gasteiger partial charge >= 0.3 is 78.3 Å². The number of aromatic carboxylic acids is 1. The van der Waals surface area contributed by atoms with Gasteiger partial charge in [-0.3, -0.25) is 52.1 Å². The molecule has 0 saturated heterocycles. The predicted molar refractivity (Wildman–Crippen MR) is 433 cm³/mol. The van der Waals surface area contributed by atoms with Crippen LogP contribution in [0.1, 0.15) is 93.8 Å². The number of imidazole rings is 3. The van der Waals surface area contributed by atoms with Crippen LogP contribution in [0.3, 0.4) is 0 Å². The molecule has 0 spiro atoms. The second-order valence-electron chi connectivity index (χ2n) is 21.0. The van der Waals surface area contributed by atoms with Crippen LogP contribution in [-0.4, -0.2) is 183 Å². The number of nitrogens with two attached hydrogens (primary N) is 1. The van der Waals surface area contributed by atoms with Crippen LogP contribution in [0, 0.1) is 49.2 Å². The Morgan fingerprint density at radius 1 is 0.546 bits per heavy atom. The van der Waals surface area contributed by atoms with Crippen molar-refractivity contribution in [2.45, 2.75) is 62.3 Å². The summed E-state index contributed by atoms with van der Waals surface area (Å²) in [5, 5.41) is 21.7. The van der Waals surface area contributed by atoms with Gasteiger partial charge in [-0.15, -0.1) is 0 Å². The third-order valence-corrected chi connectivity index (χ3v) is 13.9. The van der Waals surface area contributed by atoms with Crippen molar-refractivity contribution in [1.82, 2.24) is 33.7 Å². The minimum Gasteiger partial charge on any atom is -0.870 e. The van der Waals surface area contributed by atoms with Crippen LogP contribution in [-0.2, 0) is 66.8 Å². The third kappa shape index (κ3) is 51.8. The number of aliphatic carboxylic acids is 1. The molecule has 3 aromatic heterocycles. The van der Waals surface area contributed by atoms with Crippen molar-refractivity contribution in [3.63, 3.8) is 0 Å². The fourth-order valence-corrected chi connectivity index (χ4v) is 8.54. The number of nitrogens with zero attached hydrogens (tertiary/aromatic N) is 5. The summed E-state index contributed by atoms with van der Waals surface area (Å²) in [6, 6.07) is 33.6. The summed E-state index contributed by atoms with van der Waals surface area (Å²) >= 11 is 22.8. The molecule has 119 heavy (non-hydrogen) atoms. The van der Waals surface area contributed by atoms with Crippen LogP contribution in [0.2, 0.25) is 0 Å². The molecule has 43 heteroatoms. The van der Waals surface area contributed by atoms with Gasteiger partial charge in [-0.1, -0.05) is 15.9 Å². The topological polar surface area (TPSA) is 415 Å². The average Bonchev–Trinajstić information content (AvgIpc) is 1.69. The number of nitrogen functional groups attached to an aromatic ring is 1. The first-order valence-electron chi connectivity index (χ1n) is 33.8. The van der Waals surface area contributed by atoms with E-state index in [4.69, 9.17) is 76.4 Å². The Labute approximate surface area is 745 Å². The normalized spacial score (nSPS) is 9.21. The number of benzene rings is 6. The monoisotopic (exact) mass is 1820 g/mol.